The summed E-state index contributed by atoms with van der Waals surface area (Å²) >= 11 is 0. The van der Waals surface area contributed by atoms with Crippen LogP contribution in [0.3, 0.4) is 0 Å². The summed E-state index contributed by atoms with van der Waals surface area (Å²) < 4.78 is 118. The van der Waals surface area contributed by atoms with E-state index in [9.17, 15) is 179 Å². The molecule has 56 heteroatoms. The second-order valence-corrected chi connectivity index (χ2v) is 30.8. The highest BCUT2D eigenvalue weighted by Crippen LogP contribution is 2.42. The monoisotopic (exact) mass is 1800 g/mol. The number of hydrogen-bond donors (Lipinski definition) is 35. The molecular formula is C66H112O56. The van der Waals surface area contributed by atoms with Gasteiger partial charge in [-0.2, -0.15) is 0 Å². The fourth-order valence-corrected chi connectivity index (χ4v) is 16.0. The van der Waals surface area contributed by atoms with E-state index in [1.165, 1.54) is 0 Å². The van der Waals surface area contributed by atoms with Crippen LogP contribution in [0.5, 0.6) is 0 Å². The lowest BCUT2D eigenvalue weighted by atomic mass is 9.95. The summed E-state index contributed by atoms with van der Waals surface area (Å²) in [5, 5.41) is 379. The van der Waals surface area contributed by atoms with E-state index in [1.807, 2.05) is 0 Å². The van der Waals surface area contributed by atoms with Crippen LogP contribution in [0.25, 0.3) is 0 Å². The third kappa shape index (κ3) is 20.5. The van der Waals surface area contributed by atoms with Gasteiger partial charge < -0.3 is 278 Å². The van der Waals surface area contributed by atoms with Gasteiger partial charge in [0, 0.05) is 0 Å². The Morgan fingerprint density at radius 3 is 0.377 bits per heavy atom. The smallest absolute Gasteiger partial charge is 0.187 e. The van der Waals surface area contributed by atoms with Crippen molar-refractivity contribution in [1.29, 1.82) is 0 Å². The normalized spacial score (nSPS) is 53.8. The molecule has 0 radical (unpaired) electrons. The van der Waals surface area contributed by atoms with Crippen LogP contribution in [0.1, 0.15) is 0 Å². The molecule has 11 fully saturated rings. The average molecular weight is 1800 g/mol. The predicted octanol–water partition coefficient (Wildman–Crippen LogP) is -25.0. The van der Waals surface area contributed by atoms with E-state index in [4.69, 9.17) is 99.5 Å². The van der Waals surface area contributed by atoms with Crippen LogP contribution in [0, 0.1) is 0 Å². The molecule has 35 N–H and O–H groups in total. The van der Waals surface area contributed by atoms with E-state index in [-0.39, 0.29) is 0 Å². The minimum atomic E-state index is -2.34. The van der Waals surface area contributed by atoms with Crippen molar-refractivity contribution in [2.45, 2.75) is 338 Å². The molecule has 0 saturated carbocycles. The van der Waals surface area contributed by atoms with E-state index in [2.05, 4.69) is 0 Å². The van der Waals surface area contributed by atoms with Crippen LogP contribution >= 0.6 is 0 Å². The molecule has 0 spiro atoms. The van der Waals surface area contributed by atoms with Crippen LogP contribution < -0.4 is 0 Å². The maximum Gasteiger partial charge on any atom is 0.187 e. The summed E-state index contributed by atoms with van der Waals surface area (Å²) in [6, 6.07) is 0. The summed E-state index contributed by atoms with van der Waals surface area (Å²) in [7, 11) is 0. The van der Waals surface area contributed by atoms with Gasteiger partial charge in [-0.3, -0.25) is 0 Å². The third-order valence-corrected chi connectivity index (χ3v) is 23.0. The van der Waals surface area contributed by atoms with Crippen LogP contribution in [-0.2, 0) is 99.5 Å². The third-order valence-electron chi connectivity index (χ3n) is 23.0. The van der Waals surface area contributed by atoms with Gasteiger partial charge in [0.2, 0.25) is 0 Å². The second-order valence-electron chi connectivity index (χ2n) is 30.8. The van der Waals surface area contributed by atoms with Gasteiger partial charge in [0.25, 0.3) is 0 Å². The number of ether oxygens (including phenoxy) is 21. The number of rotatable bonds is 31. The van der Waals surface area contributed by atoms with Gasteiger partial charge in [0.1, 0.15) is 269 Å². The van der Waals surface area contributed by atoms with Crippen molar-refractivity contribution in [3.05, 3.63) is 0 Å². The maximum absolute atomic E-state index is 11.5. The Hall–Kier alpha value is -2.24. The molecule has 11 rings (SSSR count). The number of hydrogen-bond acceptors (Lipinski definition) is 56. The predicted molar refractivity (Wildman–Crippen MR) is 362 cm³/mol. The molecule has 0 aliphatic carbocycles. The van der Waals surface area contributed by atoms with E-state index < -0.39 is 410 Å². The summed E-state index contributed by atoms with van der Waals surface area (Å²) in [4.78, 5) is 0. The standard InChI is InChI=1S/C66H112O56/c67-1-12-23(78)24(79)36(91)57(103-12)114-47-14(3-69)105-59(38(93)26(47)81)116-49-16(5-71)107-61(40(95)28(49)83)118-51-18(7-73)109-63(42(97)30(51)85)120-53-20(9-75)111-65(44(99)32(53)87)122-55-22(11-77)112-66(45(100)34(55)89)121-54-21(10-76)110-64(43(98)33(54)88)119-52-19(8-74)108-62(41(96)31(52)86)117-50-17(6-72)106-60(39(94)29(50)84)115-48-15(4-70)104-58(37(92)27(48)82)113-46-13(2-68)102-56(101)35(90)25(46)80/h12-101H,1-11H2. The van der Waals surface area contributed by atoms with Gasteiger partial charge in [-0.1, -0.05) is 0 Å². The largest absolute Gasteiger partial charge is 0.394 e. The molecule has 55 atom stereocenters. The molecule has 712 valence electrons. The van der Waals surface area contributed by atoms with E-state index in [1.54, 1.807) is 0 Å². The summed E-state index contributed by atoms with van der Waals surface area (Å²) in [5.41, 5.74) is 0. The summed E-state index contributed by atoms with van der Waals surface area (Å²) in [6.45, 7) is -11.8. The molecule has 0 aromatic heterocycles. The fraction of sp³-hybridized carbons (Fsp3) is 1.00. The van der Waals surface area contributed by atoms with Gasteiger partial charge in [-0.05, 0) is 0 Å². The molecule has 0 amide bonds. The Kier molecular flexibility index (Phi) is 35.7. The lowest BCUT2D eigenvalue weighted by Gasteiger charge is -2.50. The first-order valence-electron chi connectivity index (χ1n) is 38.7. The Morgan fingerprint density at radius 2 is 0.238 bits per heavy atom. The van der Waals surface area contributed by atoms with Crippen molar-refractivity contribution in [2.75, 3.05) is 72.7 Å². The van der Waals surface area contributed by atoms with Crippen molar-refractivity contribution in [3.8, 4) is 0 Å². The van der Waals surface area contributed by atoms with Crippen molar-refractivity contribution in [2.24, 2.45) is 0 Å². The van der Waals surface area contributed by atoms with Crippen molar-refractivity contribution in [1.82, 2.24) is 0 Å². The molecule has 11 heterocycles. The Balaban J connectivity index is 0.650. The number of aliphatic hydroxyl groups is 35. The molecule has 11 aliphatic heterocycles. The van der Waals surface area contributed by atoms with Crippen molar-refractivity contribution >= 4 is 0 Å². The summed E-state index contributed by atoms with van der Waals surface area (Å²) in [5.74, 6) is 0. The van der Waals surface area contributed by atoms with Gasteiger partial charge >= 0.3 is 0 Å². The number of aliphatic hydroxyl groups excluding tert-OH is 35. The van der Waals surface area contributed by atoms with E-state index in [0.29, 0.717) is 0 Å². The maximum atomic E-state index is 11.5. The first-order valence-corrected chi connectivity index (χ1v) is 38.7. The fourth-order valence-electron chi connectivity index (χ4n) is 16.0. The van der Waals surface area contributed by atoms with Crippen molar-refractivity contribution in [3.63, 3.8) is 0 Å². The minimum absolute atomic E-state index is 0.875. The zero-order valence-corrected chi connectivity index (χ0v) is 63.8. The van der Waals surface area contributed by atoms with Crippen LogP contribution in [-0.4, -0.2) is 589 Å². The van der Waals surface area contributed by atoms with E-state index >= 15 is 0 Å². The molecule has 56 nitrogen and oxygen atoms in total. The van der Waals surface area contributed by atoms with E-state index in [0.717, 1.165) is 0 Å². The quantitative estimate of drug-likeness (QED) is 0.0306. The van der Waals surface area contributed by atoms with Gasteiger partial charge in [0.05, 0.1) is 72.7 Å². The Bertz CT molecular complexity index is 3060. The van der Waals surface area contributed by atoms with Gasteiger partial charge in [-0.25, -0.2) is 0 Å². The van der Waals surface area contributed by atoms with Crippen LogP contribution in [0.2, 0.25) is 0 Å². The molecule has 11 saturated heterocycles. The van der Waals surface area contributed by atoms with Crippen molar-refractivity contribution < 1.29 is 278 Å². The topological polar surface area (TPSA) is 902 Å². The molecule has 55 unspecified atom stereocenters. The second kappa shape index (κ2) is 43.4. The molecular weight excluding hydrogens is 1690 g/mol. The first kappa shape index (κ1) is 100. The zero-order chi connectivity index (χ0) is 89.4. The molecule has 0 aromatic rings. The molecule has 0 bridgehead atoms. The van der Waals surface area contributed by atoms with Crippen LogP contribution in [0.15, 0.2) is 0 Å². The lowest BCUT2D eigenvalue weighted by Crippen LogP contribution is -2.68. The lowest BCUT2D eigenvalue weighted by molar-refractivity contribution is -0.401. The highest BCUT2D eigenvalue weighted by atomic mass is 16.8. The zero-order valence-electron chi connectivity index (χ0n) is 63.8. The highest BCUT2D eigenvalue weighted by Gasteiger charge is 2.62. The van der Waals surface area contributed by atoms with Gasteiger partial charge in [-0.15, -0.1) is 0 Å². The molecule has 0 aromatic carbocycles. The highest BCUT2D eigenvalue weighted by molar-refractivity contribution is 5.04. The van der Waals surface area contributed by atoms with Crippen LogP contribution in [0.4, 0.5) is 0 Å². The average Bonchev–Trinajstić information content (AvgIpc) is 0.769. The first-order chi connectivity index (χ1) is 57.9. The summed E-state index contributed by atoms with van der Waals surface area (Å²) in [6.07, 6.45) is -112. The SMILES string of the molecule is OCC1OC(OC2C(CO)OC(OC3C(CO)OC(OC4C(CO)OC(OC5C(CO)OC(OC6C(CO)OC(OC7C(CO)OC(OC8C(CO)OC(OC9C(CO)OC(OC%10C(CO)OC(OC%11C(CO)OC(O)C(O)C%11O)C(O)C%10O)C(O)C9O)C(O)C8O)C(O)C7O)C(O)C6O)C(O)C5O)C(O)C4O)C(O)C3O)C(O)C2O)C(O)C(O)C1O. The molecule has 122 heavy (non-hydrogen) atoms. The van der Waals surface area contributed by atoms with Gasteiger partial charge in [0.15, 0.2) is 69.2 Å². The molecule has 11 aliphatic rings. The minimum Gasteiger partial charge on any atom is -0.394 e. The Morgan fingerprint density at radius 1 is 0.123 bits per heavy atom. The Labute approximate surface area is 687 Å².